The Morgan fingerprint density at radius 2 is 2.00 bits per heavy atom. The minimum atomic E-state index is -4.65. The summed E-state index contributed by atoms with van der Waals surface area (Å²) in [5.74, 6) is -2.45. The van der Waals surface area contributed by atoms with E-state index in [4.69, 9.17) is 5.26 Å². The van der Waals surface area contributed by atoms with Gasteiger partial charge in [0.2, 0.25) is 11.7 Å². The number of rotatable bonds is 4. The standard InChI is InChI=1S/C19H17F4N5O/c1-10-12(6-24)5-16(28-10)17(29)25-7-13-4-11(2-3-15(13)20)14-8-26-18(27-9-14)19(21,22)23/h2-4,8-10,12,16,28H,5,7H2,1H3,(H,25,29)/t10-,12-,16?/m0/s1. The second-order valence-corrected chi connectivity index (χ2v) is 6.80. The van der Waals surface area contributed by atoms with Crippen LogP contribution in [0.1, 0.15) is 24.7 Å². The smallest absolute Gasteiger partial charge is 0.351 e. The van der Waals surface area contributed by atoms with Crippen molar-refractivity contribution in [2.24, 2.45) is 5.92 Å². The summed E-state index contributed by atoms with van der Waals surface area (Å²) in [4.78, 5) is 18.9. The third-order valence-electron chi connectivity index (χ3n) is 4.78. The van der Waals surface area contributed by atoms with Gasteiger partial charge >= 0.3 is 6.18 Å². The molecule has 1 aromatic carbocycles. The number of nitrogens with zero attached hydrogens (tertiary/aromatic N) is 3. The summed E-state index contributed by atoms with van der Waals surface area (Å²) in [6.07, 6.45) is -2.25. The maximum Gasteiger partial charge on any atom is 0.451 e. The predicted octanol–water partition coefficient (Wildman–Crippen LogP) is 2.81. The summed E-state index contributed by atoms with van der Waals surface area (Å²) >= 11 is 0. The van der Waals surface area contributed by atoms with E-state index in [1.807, 2.05) is 6.92 Å². The van der Waals surface area contributed by atoms with Gasteiger partial charge in [-0.1, -0.05) is 6.07 Å². The predicted molar refractivity (Wildman–Crippen MR) is 94.4 cm³/mol. The molecule has 3 atom stereocenters. The number of nitriles is 1. The summed E-state index contributed by atoms with van der Waals surface area (Å²) in [6, 6.07) is 5.46. The summed E-state index contributed by atoms with van der Waals surface area (Å²) in [7, 11) is 0. The number of amides is 1. The van der Waals surface area contributed by atoms with Crippen molar-refractivity contribution in [3.63, 3.8) is 0 Å². The summed E-state index contributed by atoms with van der Waals surface area (Å²) in [5, 5.41) is 14.7. The molecule has 29 heavy (non-hydrogen) atoms. The molecule has 1 fully saturated rings. The second-order valence-electron chi connectivity index (χ2n) is 6.80. The molecule has 6 nitrogen and oxygen atoms in total. The molecule has 10 heteroatoms. The average Bonchev–Trinajstić information content (AvgIpc) is 3.07. The monoisotopic (exact) mass is 407 g/mol. The summed E-state index contributed by atoms with van der Waals surface area (Å²) in [5.41, 5.74) is 0.869. The van der Waals surface area contributed by atoms with Crippen molar-refractivity contribution in [1.82, 2.24) is 20.6 Å². The molecule has 1 aliphatic heterocycles. The maximum atomic E-state index is 14.1. The van der Waals surface area contributed by atoms with E-state index in [0.717, 1.165) is 18.5 Å². The van der Waals surface area contributed by atoms with Gasteiger partial charge < -0.3 is 10.6 Å². The number of carbonyl (C=O) groups excluding carboxylic acids is 1. The first-order chi connectivity index (χ1) is 13.7. The van der Waals surface area contributed by atoms with Crippen molar-refractivity contribution >= 4 is 5.91 Å². The Hall–Kier alpha value is -3.06. The molecule has 0 saturated carbocycles. The molecule has 0 bridgehead atoms. The Morgan fingerprint density at radius 3 is 2.59 bits per heavy atom. The van der Waals surface area contributed by atoms with Crippen LogP contribution in [0.25, 0.3) is 11.1 Å². The largest absolute Gasteiger partial charge is 0.451 e. The minimum absolute atomic E-state index is 0.107. The van der Waals surface area contributed by atoms with Crippen LogP contribution in [-0.4, -0.2) is 28.0 Å². The van der Waals surface area contributed by atoms with E-state index in [-0.39, 0.29) is 35.5 Å². The molecular weight excluding hydrogens is 390 g/mol. The van der Waals surface area contributed by atoms with E-state index < -0.39 is 23.9 Å². The molecule has 1 aromatic heterocycles. The molecule has 2 N–H and O–H groups in total. The molecule has 3 rings (SSSR count). The zero-order valence-electron chi connectivity index (χ0n) is 15.3. The van der Waals surface area contributed by atoms with Crippen molar-refractivity contribution in [2.75, 3.05) is 0 Å². The van der Waals surface area contributed by atoms with Gasteiger partial charge in [0.1, 0.15) is 5.82 Å². The first kappa shape index (κ1) is 20.7. The Labute approximate surface area is 164 Å². The Kier molecular flexibility index (Phi) is 5.79. The zero-order chi connectivity index (χ0) is 21.2. The van der Waals surface area contributed by atoms with Crippen LogP contribution in [0.2, 0.25) is 0 Å². The SMILES string of the molecule is C[C@@H]1NC(C(=O)NCc2cc(-c3cnc(C(F)(F)F)nc3)ccc2F)C[C@H]1C#N. The van der Waals surface area contributed by atoms with Crippen molar-refractivity contribution in [1.29, 1.82) is 5.26 Å². The number of benzene rings is 1. The lowest BCUT2D eigenvalue weighted by atomic mass is 10.0. The summed E-state index contributed by atoms with van der Waals surface area (Å²) < 4.78 is 51.9. The van der Waals surface area contributed by atoms with E-state index >= 15 is 0 Å². The van der Waals surface area contributed by atoms with Crippen LogP contribution >= 0.6 is 0 Å². The van der Waals surface area contributed by atoms with E-state index in [1.54, 1.807) is 0 Å². The summed E-state index contributed by atoms with van der Waals surface area (Å²) in [6.45, 7) is 1.71. The van der Waals surface area contributed by atoms with Gasteiger partial charge in [0, 0.05) is 36.1 Å². The molecule has 0 radical (unpaired) electrons. The van der Waals surface area contributed by atoms with Gasteiger partial charge in [-0.3, -0.25) is 4.79 Å². The Balaban J connectivity index is 1.70. The fourth-order valence-corrected chi connectivity index (χ4v) is 3.13. The van der Waals surface area contributed by atoms with Crippen molar-refractivity contribution in [3.05, 3.63) is 47.8 Å². The normalized spacial score (nSPS) is 21.6. The third-order valence-corrected chi connectivity index (χ3v) is 4.78. The Bertz CT molecular complexity index is 939. The highest BCUT2D eigenvalue weighted by Crippen LogP contribution is 2.27. The number of alkyl halides is 3. The van der Waals surface area contributed by atoms with Crippen molar-refractivity contribution in [3.8, 4) is 17.2 Å². The second kappa shape index (κ2) is 8.13. The maximum absolute atomic E-state index is 14.1. The lowest BCUT2D eigenvalue weighted by molar-refractivity contribution is -0.145. The van der Waals surface area contributed by atoms with Crippen LogP contribution in [0.15, 0.2) is 30.6 Å². The van der Waals surface area contributed by atoms with Crippen LogP contribution in [0.3, 0.4) is 0 Å². The molecule has 1 saturated heterocycles. The molecule has 2 aromatic rings. The Morgan fingerprint density at radius 1 is 1.31 bits per heavy atom. The van der Waals surface area contributed by atoms with Gasteiger partial charge in [0.15, 0.2) is 0 Å². The van der Waals surface area contributed by atoms with E-state index in [9.17, 15) is 22.4 Å². The highest BCUT2D eigenvalue weighted by Gasteiger charge is 2.35. The molecule has 2 heterocycles. The lowest BCUT2D eigenvalue weighted by Gasteiger charge is -2.13. The first-order valence-electron chi connectivity index (χ1n) is 8.80. The zero-order valence-corrected chi connectivity index (χ0v) is 15.3. The van der Waals surface area contributed by atoms with Crippen LogP contribution in [-0.2, 0) is 17.5 Å². The van der Waals surface area contributed by atoms with Gasteiger partial charge in [-0.2, -0.15) is 18.4 Å². The number of nitrogens with one attached hydrogen (secondary N) is 2. The number of aromatic nitrogens is 2. The van der Waals surface area contributed by atoms with Crippen LogP contribution < -0.4 is 10.6 Å². The molecular formula is C19H17F4N5O. The van der Waals surface area contributed by atoms with Crippen LogP contribution in [0.4, 0.5) is 17.6 Å². The van der Waals surface area contributed by atoms with Gasteiger partial charge in [0.25, 0.3) is 0 Å². The van der Waals surface area contributed by atoms with Gasteiger partial charge in [-0.05, 0) is 31.0 Å². The van der Waals surface area contributed by atoms with Crippen LogP contribution in [0.5, 0.6) is 0 Å². The topological polar surface area (TPSA) is 90.7 Å². The number of hydrogen-bond acceptors (Lipinski definition) is 5. The fourth-order valence-electron chi connectivity index (χ4n) is 3.13. The van der Waals surface area contributed by atoms with Gasteiger partial charge in [-0.15, -0.1) is 0 Å². The molecule has 1 amide bonds. The van der Waals surface area contributed by atoms with Gasteiger partial charge in [0.05, 0.1) is 18.0 Å². The number of hydrogen-bond donors (Lipinski definition) is 2. The van der Waals surface area contributed by atoms with Crippen LogP contribution in [0, 0.1) is 23.1 Å². The van der Waals surface area contributed by atoms with E-state index in [0.29, 0.717) is 12.0 Å². The fraction of sp³-hybridized carbons (Fsp3) is 0.368. The van der Waals surface area contributed by atoms with E-state index in [1.165, 1.54) is 12.1 Å². The molecule has 1 aliphatic rings. The highest BCUT2D eigenvalue weighted by molar-refractivity contribution is 5.82. The highest BCUT2D eigenvalue weighted by atomic mass is 19.4. The molecule has 0 spiro atoms. The molecule has 0 aliphatic carbocycles. The lowest BCUT2D eigenvalue weighted by Crippen LogP contribution is -2.42. The van der Waals surface area contributed by atoms with E-state index in [2.05, 4.69) is 26.7 Å². The van der Waals surface area contributed by atoms with Gasteiger partial charge in [-0.25, -0.2) is 14.4 Å². The van der Waals surface area contributed by atoms with Crippen molar-refractivity contribution in [2.45, 2.75) is 38.1 Å². The van der Waals surface area contributed by atoms with Crippen molar-refractivity contribution < 1.29 is 22.4 Å². The molecule has 152 valence electrons. The minimum Gasteiger partial charge on any atom is -0.351 e. The third kappa shape index (κ3) is 4.68. The number of carbonyl (C=O) groups is 1. The first-order valence-corrected chi connectivity index (χ1v) is 8.80. The quantitative estimate of drug-likeness (QED) is 0.761. The average molecular weight is 407 g/mol. The molecule has 1 unspecified atom stereocenters. The number of halogens is 4.